The van der Waals surface area contributed by atoms with Gasteiger partial charge >= 0.3 is 0 Å². The summed E-state index contributed by atoms with van der Waals surface area (Å²) in [7, 11) is -7.87. The van der Waals surface area contributed by atoms with Crippen molar-refractivity contribution in [3.05, 3.63) is 102 Å². The maximum atomic E-state index is 13.7. The van der Waals surface area contributed by atoms with Gasteiger partial charge in [-0.05, 0) is 60.7 Å². The van der Waals surface area contributed by atoms with Gasteiger partial charge in [-0.2, -0.15) is 14.7 Å². The predicted molar refractivity (Wildman–Crippen MR) is 158 cm³/mol. The molecular weight excluding hydrogens is 556 g/mol. The lowest BCUT2D eigenvalue weighted by atomic mass is 9.94. The van der Waals surface area contributed by atoms with Crippen molar-refractivity contribution in [2.45, 2.75) is 30.1 Å². The van der Waals surface area contributed by atoms with Crippen LogP contribution in [0.5, 0.6) is 0 Å². The summed E-state index contributed by atoms with van der Waals surface area (Å²) in [6, 6.07) is 25.3. The van der Waals surface area contributed by atoms with E-state index < -0.39 is 24.8 Å². The molecule has 1 saturated heterocycles. The molecule has 0 amide bonds. The zero-order valence-electron chi connectivity index (χ0n) is 22.8. The number of rotatable bonds is 7. The molecule has 0 radical (unpaired) electrons. The molecule has 41 heavy (non-hydrogen) atoms. The number of sulfone groups is 1. The van der Waals surface area contributed by atoms with E-state index in [0.29, 0.717) is 29.9 Å². The fourth-order valence-electron chi connectivity index (χ4n) is 5.22. The number of nitrogens with zero attached hydrogens (tertiary/aromatic N) is 4. The molecule has 2 unspecified atom stereocenters. The van der Waals surface area contributed by atoms with Gasteiger partial charge in [0.2, 0.25) is 19.9 Å². The van der Waals surface area contributed by atoms with E-state index in [9.17, 15) is 22.1 Å². The second-order valence-corrected chi connectivity index (χ2v) is 14.3. The van der Waals surface area contributed by atoms with Crippen LogP contribution in [0.3, 0.4) is 0 Å². The first-order valence-corrected chi connectivity index (χ1v) is 16.2. The van der Waals surface area contributed by atoms with Crippen LogP contribution in [0.15, 0.2) is 106 Å². The van der Waals surface area contributed by atoms with Crippen molar-refractivity contribution in [2.75, 3.05) is 13.1 Å². The Balaban J connectivity index is 1.63. The summed E-state index contributed by atoms with van der Waals surface area (Å²) in [6.45, 7) is 5.02. The number of hydrogen-bond acceptors (Lipinski definition) is 6. The average molecular weight is 587 g/mol. The standard InChI is InChI=1S/C31H30N4O4S2/c1-23-16-24(2)21-34(20-23)41(38,39)29-15-9-10-25(17-29)31-26(22-35(33-31)27-11-5-3-6-12-27)18-30(19-32)40(36,37)28-13-7-4-8-14-28/h3-15,17-18,22-24H,16,20-21H2,1-2H3. The summed E-state index contributed by atoms with van der Waals surface area (Å²) in [5.41, 5.74) is 1.92. The predicted octanol–water partition coefficient (Wildman–Crippen LogP) is 5.54. The first kappa shape index (κ1) is 28.5. The molecule has 0 bridgehead atoms. The minimum atomic E-state index is -4.10. The third kappa shape index (κ3) is 5.88. The highest BCUT2D eigenvalue weighted by Crippen LogP contribution is 2.32. The smallest absolute Gasteiger partial charge is 0.240 e. The molecule has 10 heteroatoms. The Morgan fingerprint density at radius 3 is 2.12 bits per heavy atom. The zero-order chi connectivity index (χ0) is 29.2. The van der Waals surface area contributed by atoms with Crippen LogP contribution in [0.1, 0.15) is 25.8 Å². The maximum Gasteiger partial charge on any atom is 0.243 e. The SMILES string of the molecule is CC1CC(C)CN(S(=O)(=O)c2cccc(-c3nn(-c4ccccc4)cc3C=C(C#N)S(=O)(=O)c3ccccc3)c2)C1. The van der Waals surface area contributed by atoms with Crippen molar-refractivity contribution >= 4 is 25.9 Å². The Bertz CT molecular complexity index is 1830. The third-order valence-electron chi connectivity index (χ3n) is 7.08. The second-order valence-electron chi connectivity index (χ2n) is 10.4. The van der Waals surface area contributed by atoms with Crippen molar-refractivity contribution in [1.29, 1.82) is 5.26 Å². The van der Waals surface area contributed by atoms with Gasteiger partial charge < -0.3 is 0 Å². The summed E-state index contributed by atoms with van der Waals surface area (Å²) in [5, 5.41) is 14.6. The summed E-state index contributed by atoms with van der Waals surface area (Å²) < 4.78 is 57.0. The quantitative estimate of drug-likeness (QED) is 0.263. The summed E-state index contributed by atoms with van der Waals surface area (Å²) >= 11 is 0. The monoisotopic (exact) mass is 586 g/mol. The number of para-hydroxylation sites is 1. The minimum Gasteiger partial charge on any atom is -0.240 e. The lowest BCUT2D eigenvalue weighted by molar-refractivity contribution is 0.222. The molecule has 0 aliphatic carbocycles. The zero-order valence-corrected chi connectivity index (χ0v) is 24.4. The van der Waals surface area contributed by atoms with Crippen molar-refractivity contribution < 1.29 is 16.8 Å². The van der Waals surface area contributed by atoms with Gasteiger partial charge in [0.15, 0.2) is 0 Å². The topological polar surface area (TPSA) is 113 Å². The largest absolute Gasteiger partial charge is 0.243 e. The molecule has 210 valence electrons. The van der Waals surface area contributed by atoms with Crippen LogP contribution >= 0.6 is 0 Å². The Hall–Kier alpha value is -4.04. The first-order chi connectivity index (χ1) is 19.6. The van der Waals surface area contributed by atoms with E-state index in [-0.39, 0.29) is 21.6 Å². The van der Waals surface area contributed by atoms with Crippen molar-refractivity contribution in [1.82, 2.24) is 14.1 Å². The molecule has 0 saturated carbocycles. The highest BCUT2D eigenvalue weighted by atomic mass is 32.2. The highest BCUT2D eigenvalue weighted by Gasteiger charge is 2.32. The second kappa shape index (κ2) is 11.4. The van der Waals surface area contributed by atoms with Crippen LogP contribution in [0.4, 0.5) is 0 Å². The summed E-state index contributed by atoms with van der Waals surface area (Å²) in [4.78, 5) is -0.307. The van der Waals surface area contributed by atoms with Crippen LogP contribution in [0.2, 0.25) is 0 Å². The Kier molecular flexibility index (Phi) is 7.95. The van der Waals surface area contributed by atoms with E-state index in [1.165, 1.54) is 22.5 Å². The van der Waals surface area contributed by atoms with E-state index in [0.717, 1.165) is 12.1 Å². The van der Waals surface area contributed by atoms with Gasteiger partial charge in [-0.3, -0.25) is 0 Å². The third-order valence-corrected chi connectivity index (χ3v) is 10.6. The number of sulfonamides is 1. The first-order valence-electron chi connectivity index (χ1n) is 13.3. The van der Waals surface area contributed by atoms with Gasteiger partial charge in [0.25, 0.3) is 0 Å². The van der Waals surface area contributed by atoms with Gasteiger partial charge in [-0.25, -0.2) is 21.5 Å². The fourth-order valence-corrected chi connectivity index (χ4v) is 8.12. The Morgan fingerprint density at radius 1 is 0.878 bits per heavy atom. The van der Waals surface area contributed by atoms with Gasteiger partial charge in [0.1, 0.15) is 16.7 Å². The lowest BCUT2D eigenvalue weighted by Crippen LogP contribution is -2.42. The van der Waals surface area contributed by atoms with Crippen LogP contribution in [-0.4, -0.2) is 44.0 Å². The molecule has 1 aromatic heterocycles. The average Bonchev–Trinajstić information content (AvgIpc) is 3.40. The van der Waals surface area contributed by atoms with Crippen molar-refractivity contribution in [3.63, 3.8) is 0 Å². The Labute approximate surface area is 241 Å². The number of nitriles is 1. The molecule has 4 aromatic rings. The van der Waals surface area contributed by atoms with Gasteiger partial charge in [-0.1, -0.05) is 62.4 Å². The molecule has 1 aliphatic heterocycles. The van der Waals surface area contributed by atoms with Crippen molar-refractivity contribution in [3.8, 4) is 23.0 Å². The highest BCUT2D eigenvalue weighted by molar-refractivity contribution is 7.95. The fraction of sp³-hybridized carbons (Fsp3) is 0.226. The normalized spacial score (nSPS) is 18.6. The molecule has 5 rings (SSSR count). The molecule has 3 aromatic carbocycles. The maximum absolute atomic E-state index is 13.7. The number of piperidine rings is 1. The lowest BCUT2D eigenvalue weighted by Gasteiger charge is -2.34. The minimum absolute atomic E-state index is 0.00267. The summed E-state index contributed by atoms with van der Waals surface area (Å²) in [5.74, 6) is 0.511. The number of hydrogen-bond donors (Lipinski definition) is 0. The van der Waals surface area contributed by atoms with Crippen LogP contribution < -0.4 is 0 Å². The molecule has 1 fully saturated rings. The van der Waals surface area contributed by atoms with Crippen molar-refractivity contribution in [2.24, 2.45) is 11.8 Å². The summed E-state index contributed by atoms with van der Waals surface area (Å²) in [6.07, 6.45) is 3.91. The van der Waals surface area contributed by atoms with E-state index in [1.807, 2.05) is 36.4 Å². The van der Waals surface area contributed by atoms with Gasteiger partial charge in [0.05, 0.1) is 15.5 Å². The molecule has 0 N–H and O–H groups in total. The van der Waals surface area contributed by atoms with E-state index >= 15 is 0 Å². The van der Waals surface area contributed by atoms with Crippen LogP contribution in [0.25, 0.3) is 23.0 Å². The number of allylic oxidation sites excluding steroid dienone is 1. The molecule has 2 atom stereocenters. The van der Waals surface area contributed by atoms with E-state index in [2.05, 4.69) is 13.8 Å². The molecule has 2 heterocycles. The molecular formula is C31H30N4O4S2. The Morgan fingerprint density at radius 2 is 1.49 bits per heavy atom. The van der Waals surface area contributed by atoms with E-state index in [1.54, 1.807) is 53.3 Å². The number of aromatic nitrogens is 2. The van der Waals surface area contributed by atoms with Gasteiger partial charge in [-0.15, -0.1) is 0 Å². The molecule has 1 aliphatic rings. The molecule has 8 nitrogen and oxygen atoms in total. The number of benzene rings is 3. The van der Waals surface area contributed by atoms with Crippen LogP contribution in [-0.2, 0) is 19.9 Å². The van der Waals surface area contributed by atoms with Gasteiger partial charge in [0, 0.05) is 30.4 Å². The van der Waals surface area contributed by atoms with Crippen LogP contribution in [0, 0.1) is 23.2 Å². The van der Waals surface area contributed by atoms with E-state index in [4.69, 9.17) is 5.10 Å². The molecule has 0 spiro atoms.